The normalized spacial score (nSPS) is 11.1. The fourth-order valence-electron chi connectivity index (χ4n) is 3.01. The second-order valence-corrected chi connectivity index (χ2v) is 6.00. The molecule has 3 rings (SSSR count). The van der Waals surface area contributed by atoms with Crippen LogP contribution in [0.3, 0.4) is 0 Å². The van der Waals surface area contributed by atoms with Gasteiger partial charge in [0.1, 0.15) is 5.65 Å². The first-order valence-electron chi connectivity index (χ1n) is 7.73. The molecule has 2 heterocycles. The van der Waals surface area contributed by atoms with Crippen LogP contribution in [0.25, 0.3) is 16.9 Å². The Labute approximate surface area is 135 Å². The minimum atomic E-state index is -0.792. The predicted molar refractivity (Wildman–Crippen MR) is 90.8 cm³/mol. The zero-order valence-electron chi connectivity index (χ0n) is 13.6. The highest BCUT2D eigenvalue weighted by Crippen LogP contribution is 2.29. The summed E-state index contributed by atoms with van der Waals surface area (Å²) in [7, 11) is 0. The maximum absolute atomic E-state index is 11.0. The topological polar surface area (TPSA) is 54.6 Å². The molecule has 0 bridgehead atoms. The van der Waals surface area contributed by atoms with E-state index in [1.165, 1.54) is 5.56 Å². The van der Waals surface area contributed by atoms with Gasteiger partial charge in [-0.25, -0.2) is 4.98 Å². The van der Waals surface area contributed by atoms with E-state index in [0.29, 0.717) is 6.42 Å². The van der Waals surface area contributed by atoms with Gasteiger partial charge in [0.05, 0.1) is 17.8 Å². The molecule has 0 saturated heterocycles. The molecular weight excluding hydrogens is 288 g/mol. The number of fused-ring (bicyclic) bond motifs is 1. The van der Waals surface area contributed by atoms with Crippen LogP contribution < -0.4 is 0 Å². The average Bonchev–Trinajstić information content (AvgIpc) is 2.85. The van der Waals surface area contributed by atoms with Crippen molar-refractivity contribution in [3.8, 4) is 11.3 Å². The summed E-state index contributed by atoms with van der Waals surface area (Å²) in [5.74, 6) is -0.792. The summed E-state index contributed by atoms with van der Waals surface area (Å²) in [4.78, 5) is 15.8. The molecule has 0 atom stereocenters. The summed E-state index contributed by atoms with van der Waals surface area (Å²) in [6, 6.07) is 10.3. The maximum Gasteiger partial charge on any atom is 0.303 e. The minimum Gasteiger partial charge on any atom is -0.481 e. The second kappa shape index (κ2) is 5.88. The molecule has 1 N–H and O–H groups in total. The number of aliphatic carboxylic acids is 1. The number of hydrogen-bond donors (Lipinski definition) is 1. The Bertz CT molecular complexity index is 894. The van der Waals surface area contributed by atoms with Gasteiger partial charge in [0.2, 0.25) is 0 Å². The van der Waals surface area contributed by atoms with Gasteiger partial charge in [0.15, 0.2) is 0 Å². The molecule has 0 saturated carbocycles. The molecular formula is C19H20N2O2. The van der Waals surface area contributed by atoms with Gasteiger partial charge in [-0.2, -0.15) is 0 Å². The van der Waals surface area contributed by atoms with E-state index >= 15 is 0 Å². The third-order valence-corrected chi connectivity index (χ3v) is 4.16. The number of benzene rings is 1. The second-order valence-electron chi connectivity index (χ2n) is 6.00. The van der Waals surface area contributed by atoms with Crippen molar-refractivity contribution >= 4 is 11.6 Å². The van der Waals surface area contributed by atoms with E-state index in [1.807, 2.05) is 29.7 Å². The Morgan fingerprint density at radius 1 is 1.17 bits per heavy atom. The van der Waals surface area contributed by atoms with Crippen LogP contribution in [0.5, 0.6) is 0 Å². The smallest absolute Gasteiger partial charge is 0.303 e. The zero-order chi connectivity index (χ0) is 16.6. The fourth-order valence-corrected chi connectivity index (χ4v) is 3.01. The zero-order valence-corrected chi connectivity index (χ0v) is 13.6. The maximum atomic E-state index is 11.0. The number of pyridine rings is 1. The molecule has 0 fully saturated rings. The number of rotatable bonds is 4. The van der Waals surface area contributed by atoms with Gasteiger partial charge in [-0.05, 0) is 38.0 Å². The van der Waals surface area contributed by atoms with Crippen LogP contribution >= 0.6 is 0 Å². The van der Waals surface area contributed by atoms with Crippen molar-refractivity contribution in [3.05, 3.63) is 58.9 Å². The van der Waals surface area contributed by atoms with E-state index in [1.54, 1.807) is 0 Å². The Morgan fingerprint density at radius 3 is 2.65 bits per heavy atom. The Morgan fingerprint density at radius 2 is 1.96 bits per heavy atom. The monoisotopic (exact) mass is 308 g/mol. The van der Waals surface area contributed by atoms with Gasteiger partial charge >= 0.3 is 5.97 Å². The van der Waals surface area contributed by atoms with Crippen molar-refractivity contribution in [2.45, 2.75) is 33.6 Å². The first-order chi connectivity index (χ1) is 11.0. The first kappa shape index (κ1) is 15.3. The standard InChI is InChI=1S/C19H20N2O2/c1-12-6-7-15(14(3)11-12)18-16(8-9-17(22)23)21-10-4-5-13(2)19(21)20-18/h4-7,10-11H,8-9H2,1-3H3,(H,22,23). The highest BCUT2D eigenvalue weighted by Gasteiger charge is 2.17. The lowest BCUT2D eigenvalue weighted by molar-refractivity contribution is -0.136. The summed E-state index contributed by atoms with van der Waals surface area (Å²) in [6.07, 6.45) is 2.52. The molecule has 2 aromatic heterocycles. The number of imidazole rings is 1. The average molecular weight is 308 g/mol. The van der Waals surface area contributed by atoms with Crippen LogP contribution in [-0.4, -0.2) is 20.5 Å². The molecule has 0 aliphatic carbocycles. The third-order valence-electron chi connectivity index (χ3n) is 4.16. The number of aromatic nitrogens is 2. The number of carbonyl (C=O) groups is 1. The van der Waals surface area contributed by atoms with E-state index in [0.717, 1.165) is 33.7 Å². The summed E-state index contributed by atoms with van der Waals surface area (Å²) < 4.78 is 2.02. The van der Waals surface area contributed by atoms with E-state index in [9.17, 15) is 4.79 Å². The molecule has 118 valence electrons. The number of carboxylic acids is 1. The Hall–Kier alpha value is -2.62. The molecule has 1 aromatic carbocycles. The van der Waals surface area contributed by atoms with E-state index in [-0.39, 0.29) is 6.42 Å². The molecule has 4 heteroatoms. The van der Waals surface area contributed by atoms with Crippen molar-refractivity contribution < 1.29 is 9.90 Å². The highest BCUT2D eigenvalue weighted by atomic mass is 16.4. The first-order valence-corrected chi connectivity index (χ1v) is 7.73. The Balaban J connectivity index is 2.23. The number of carboxylic acid groups (broad SMARTS) is 1. The minimum absolute atomic E-state index is 0.0969. The quantitative estimate of drug-likeness (QED) is 0.794. The molecule has 0 amide bonds. The van der Waals surface area contributed by atoms with Crippen LogP contribution in [0.4, 0.5) is 0 Å². The van der Waals surface area contributed by atoms with Gasteiger partial charge in [0.25, 0.3) is 0 Å². The summed E-state index contributed by atoms with van der Waals surface area (Å²) in [6.45, 7) is 6.16. The number of nitrogens with zero attached hydrogens (tertiary/aromatic N) is 2. The molecule has 0 unspecified atom stereocenters. The molecule has 0 aliphatic heterocycles. The molecule has 0 radical (unpaired) electrons. The van der Waals surface area contributed by atoms with E-state index in [4.69, 9.17) is 10.1 Å². The van der Waals surface area contributed by atoms with Gasteiger partial charge in [-0.1, -0.05) is 29.8 Å². The largest absolute Gasteiger partial charge is 0.481 e. The molecule has 3 aromatic rings. The van der Waals surface area contributed by atoms with Crippen LogP contribution in [0.15, 0.2) is 36.5 Å². The lowest BCUT2D eigenvalue weighted by Gasteiger charge is -2.08. The van der Waals surface area contributed by atoms with Gasteiger partial charge < -0.3 is 9.51 Å². The summed E-state index contributed by atoms with van der Waals surface area (Å²) in [5.41, 5.74) is 7.25. The van der Waals surface area contributed by atoms with Crippen LogP contribution in [-0.2, 0) is 11.2 Å². The van der Waals surface area contributed by atoms with Crippen LogP contribution in [0.1, 0.15) is 28.8 Å². The lowest BCUT2D eigenvalue weighted by atomic mass is 10.0. The van der Waals surface area contributed by atoms with Crippen LogP contribution in [0, 0.1) is 20.8 Å². The van der Waals surface area contributed by atoms with Crippen molar-refractivity contribution in [1.29, 1.82) is 0 Å². The summed E-state index contributed by atoms with van der Waals surface area (Å²) in [5, 5.41) is 9.06. The molecule has 23 heavy (non-hydrogen) atoms. The van der Waals surface area contributed by atoms with E-state index < -0.39 is 5.97 Å². The molecule has 0 aliphatic rings. The van der Waals surface area contributed by atoms with E-state index in [2.05, 4.69) is 32.0 Å². The van der Waals surface area contributed by atoms with Crippen molar-refractivity contribution in [3.63, 3.8) is 0 Å². The van der Waals surface area contributed by atoms with Crippen LogP contribution in [0.2, 0.25) is 0 Å². The lowest BCUT2D eigenvalue weighted by Crippen LogP contribution is -2.02. The Kier molecular flexibility index (Phi) is 3.90. The van der Waals surface area contributed by atoms with Gasteiger partial charge in [-0.15, -0.1) is 0 Å². The SMILES string of the molecule is Cc1ccc(-c2nc3c(C)cccn3c2CCC(=O)O)c(C)c1. The third kappa shape index (κ3) is 2.84. The highest BCUT2D eigenvalue weighted by molar-refractivity contribution is 5.72. The number of aryl methyl sites for hydroxylation is 4. The molecule has 4 nitrogen and oxygen atoms in total. The predicted octanol–water partition coefficient (Wildman–Crippen LogP) is 3.94. The fraction of sp³-hybridized carbons (Fsp3) is 0.263. The molecule has 0 spiro atoms. The number of hydrogen-bond acceptors (Lipinski definition) is 2. The van der Waals surface area contributed by atoms with Gasteiger partial charge in [-0.3, -0.25) is 4.79 Å². The van der Waals surface area contributed by atoms with Crippen molar-refractivity contribution in [2.24, 2.45) is 0 Å². The summed E-state index contributed by atoms with van der Waals surface area (Å²) >= 11 is 0. The van der Waals surface area contributed by atoms with Gasteiger partial charge in [0, 0.05) is 18.2 Å². The van der Waals surface area contributed by atoms with Crippen molar-refractivity contribution in [2.75, 3.05) is 0 Å². The van der Waals surface area contributed by atoms with Crippen molar-refractivity contribution in [1.82, 2.24) is 9.38 Å².